The van der Waals surface area contributed by atoms with E-state index in [2.05, 4.69) is 63.2 Å². The molecule has 5 rings (SSSR count). The summed E-state index contributed by atoms with van der Waals surface area (Å²) in [7, 11) is 0. The minimum Gasteiger partial charge on any atom is -0.166 e. The van der Waals surface area contributed by atoms with Crippen molar-refractivity contribution in [3.8, 4) is 33.4 Å². The van der Waals surface area contributed by atoms with Gasteiger partial charge in [0.15, 0.2) is 0 Å². The first-order valence-corrected chi connectivity index (χ1v) is 16.5. The van der Waals surface area contributed by atoms with Gasteiger partial charge in [-0.2, -0.15) is 26.3 Å². The lowest BCUT2D eigenvalue weighted by Crippen LogP contribution is -2.25. The third-order valence-corrected chi connectivity index (χ3v) is 9.58. The van der Waals surface area contributed by atoms with E-state index in [4.69, 9.17) is 0 Å². The fourth-order valence-corrected chi connectivity index (χ4v) is 7.09. The molecule has 0 radical (unpaired) electrons. The average Bonchev–Trinajstić information content (AvgIpc) is 3.29. The molecule has 0 atom stereocenters. The van der Waals surface area contributed by atoms with Crippen LogP contribution in [0.5, 0.6) is 0 Å². The van der Waals surface area contributed by atoms with Crippen molar-refractivity contribution in [2.24, 2.45) is 0 Å². The summed E-state index contributed by atoms with van der Waals surface area (Å²) in [5.41, 5.74) is 5.04. The van der Waals surface area contributed by atoms with E-state index in [-0.39, 0.29) is 11.6 Å². The molecule has 1 aliphatic rings. The van der Waals surface area contributed by atoms with Crippen LogP contribution in [-0.4, -0.2) is 0 Å². The minimum atomic E-state index is -4.91. The molecule has 0 saturated heterocycles. The summed E-state index contributed by atoms with van der Waals surface area (Å²) in [4.78, 5) is 0. The fourth-order valence-electron chi connectivity index (χ4n) is 7.09. The van der Waals surface area contributed by atoms with Crippen LogP contribution in [0.1, 0.15) is 106 Å². The fraction of sp³-hybridized carbons (Fsp3) is 0.400. The second kappa shape index (κ2) is 13.7. The van der Waals surface area contributed by atoms with Gasteiger partial charge in [-0.15, -0.1) is 0 Å². The van der Waals surface area contributed by atoms with E-state index in [1.165, 1.54) is 11.1 Å². The molecule has 4 aromatic rings. The van der Waals surface area contributed by atoms with Crippen LogP contribution >= 0.6 is 0 Å². The number of rotatable bonds is 12. The first-order valence-electron chi connectivity index (χ1n) is 16.5. The second-order valence-electron chi connectivity index (χ2n) is 12.9. The third-order valence-electron chi connectivity index (χ3n) is 9.58. The van der Waals surface area contributed by atoms with E-state index >= 15 is 0 Å². The van der Waals surface area contributed by atoms with Gasteiger partial charge in [0.1, 0.15) is 0 Å². The van der Waals surface area contributed by atoms with Crippen molar-refractivity contribution in [1.82, 2.24) is 0 Å². The van der Waals surface area contributed by atoms with E-state index in [9.17, 15) is 26.3 Å². The minimum absolute atomic E-state index is 0.0767. The quantitative estimate of drug-likeness (QED) is 0.107. The molecule has 0 fully saturated rings. The number of alkyl halides is 6. The van der Waals surface area contributed by atoms with Crippen LogP contribution < -0.4 is 0 Å². The van der Waals surface area contributed by atoms with Crippen molar-refractivity contribution < 1.29 is 26.3 Å². The van der Waals surface area contributed by atoms with E-state index in [0.717, 1.165) is 104 Å². The second-order valence-corrected chi connectivity index (χ2v) is 12.9. The van der Waals surface area contributed by atoms with Gasteiger partial charge in [0, 0.05) is 5.41 Å². The molecule has 0 spiro atoms. The summed E-state index contributed by atoms with van der Waals surface area (Å²) in [5.74, 6) is 0. The molecule has 4 aromatic carbocycles. The van der Waals surface area contributed by atoms with Gasteiger partial charge >= 0.3 is 12.4 Å². The van der Waals surface area contributed by atoms with Crippen LogP contribution in [-0.2, 0) is 17.8 Å². The normalized spacial score (nSPS) is 13.9. The van der Waals surface area contributed by atoms with Gasteiger partial charge in [0.05, 0.1) is 11.1 Å². The summed E-state index contributed by atoms with van der Waals surface area (Å²) in [5, 5.41) is 0. The zero-order valence-corrected chi connectivity index (χ0v) is 26.8. The standard InChI is InChI=1S/C40H42F6/c1-4-6-8-10-20-38(21-11-9-7-5-2)36-24-29(28-14-12-27(3)13-15-28)16-18-34(36)35-19-17-30(25-37(35)38)31-22-32(39(41,42)43)26-33(23-31)40(44,45)46/h12-19,22-26H,4-11,20-21H2,1-3H3. The van der Waals surface area contributed by atoms with Gasteiger partial charge in [-0.25, -0.2) is 0 Å². The first-order chi connectivity index (χ1) is 21.9. The molecule has 244 valence electrons. The van der Waals surface area contributed by atoms with Gasteiger partial charge < -0.3 is 0 Å². The molecule has 0 heterocycles. The predicted octanol–water partition coefficient (Wildman–Crippen LogP) is 13.6. The Balaban J connectivity index is 1.70. The Morgan fingerprint density at radius 1 is 0.478 bits per heavy atom. The molecular formula is C40H42F6. The molecule has 0 N–H and O–H groups in total. The molecule has 0 amide bonds. The van der Waals surface area contributed by atoms with Crippen molar-refractivity contribution in [2.75, 3.05) is 0 Å². The zero-order chi connectivity index (χ0) is 33.1. The predicted molar refractivity (Wildman–Crippen MR) is 176 cm³/mol. The van der Waals surface area contributed by atoms with Crippen molar-refractivity contribution in [2.45, 2.75) is 103 Å². The summed E-state index contributed by atoms with van der Waals surface area (Å²) in [6.45, 7) is 6.40. The number of fused-ring (bicyclic) bond motifs is 3. The lowest BCUT2D eigenvalue weighted by Gasteiger charge is -2.33. The number of halogens is 6. The highest BCUT2D eigenvalue weighted by Crippen LogP contribution is 2.56. The number of benzene rings is 4. The van der Waals surface area contributed by atoms with E-state index in [0.29, 0.717) is 5.56 Å². The number of unbranched alkanes of at least 4 members (excludes halogenated alkanes) is 6. The molecule has 46 heavy (non-hydrogen) atoms. The van der Waals surface area contributed by atoms with Crippen molar-refractivity contribution >= 4 is 0 Å². The molecule has 6 heteroatoms. The van der Waals surface area contributed by atoms with Crippen molar-refractivity contribution in [3.63, 3.8) is 0 Å². The topological polar surface area (TPSA) is 0 Å². The average molecular weight is 637 g/mol. The monoisotopic (exact) mass is 636 g/mol. The SMILES string of the molecule is CCCCCCC1(CCCCCC)c2cc(-c3ccc(C)cc3)ccc2-c2ccc(-c3cc(C(F)(F)F)cc(C(F)(F)F)c3)cc21. The Labute approximate surface area is 268 Å². The molecule has 0 unspecified atom stereocenters. The van der Waals surface area contributed by atoms with Gasteiger partial charge in [-0.3, -0.25) is 0 Å². The Morgan fingerprint density at radius 2 is 0.913 bits per heavy atom. The zero-order valence-electron chi connectivity index (χ0n) is 26.8. The maximum atomic E-state index is 13.8. The highest BCUT2D eigenvalue weighted by molar-refractivity contribution is 5.86. The summed E-state index contributed by atoms with van der Waals surface area (Å²) in [6.07, 6.45) is 0.449. The number of aryl methyl sites for hydroxylation is 1. The van der Waals surface area contributed by atoms with Crippen LogP contribution in [0.15, 0.2) is 78.9 Å². The molecule has 0 nitrogen and oxygen atoms in total. The first kappa shape index (κ1) is 33.8. The van der Waals surface area contributed by atoms with Gasteiger partial charge in [0.25, 0.3) is 0 Å². The Morgan fingerprint density at radius 3 is 1.35 bits per heavy atom. The molecule has 1 aliphatic carbocycles. The van der Waals surface area contributed by atoms with Crippen LogP contribution in [0.25, 0.3) is 33.4 Å². The molecule has 0 aromatic heterocycles. The third kappa shape index (κ3) is 7.06. The van der Waals surface area contributed by atoms with Crippen LogP contribution in [0.4, 0.5) is 26.3 Å². The Bertz CT molecular complexity index is 1600. The Kier molecular flexibility index (Phi) is 10.0. The largest absolute Gasteiger partial charge is 0.416 e. The van der Waals surface area contributed by atoms with E-state index in [1.807, 2.05) is 12.1 Å². The lowest BCUT2D eigenvalue weighted by atomic mass is 9.70. The smallest absolute Gasteiger partial charge is 0.166 e. The Hall–Kier alpha value is -3.54. The van der Waals surface area contributed by atoms with Crippen LogP contribution in [0, 0.1) is 6.92 Å². The van der Waals surface area contributed by atoms with Crippen LogP contribution in [0.2, 0.25) is 0 Å². The summed E-state index contributed by atoms with van der Waals surface area (Å²) in [6, 6.07) is 22.3. The highest BCUT2D eigenvalue weighted by atomic mass is 19.4. The maximum absolute atomic E-state index is 13.8. The molecule has 0 aliphatic heterocycles. The molecule has 0 saturated carbocycles. The summed E-state index contributed by atoms with van der Waals surface area (Å²) < 4.78 is 82.9. The van der Waals surface area contributed by atoms with E-state index in [1.54, 1.807) is 6.07 Å². The number of hydrogen-bond donors (Lipinski definition) is 0. The highest BCUT2D eigenvalue weighted by Gasteiger charge is 2.43. The van der Waals surface area contributed by atoms with E-state index < -0.39 is 28.9 Å². The van der Waals surface area contributed by atoms with Gasteiger partial charge in [-0.05, 0) is 94.6 Å². The van der Waals surface area contributed by atoms with Crippen LogP contribution in [0.3, 0.4) is 0 Å². The number of hydrogen-bond acceptors (Lipinski definition) is 0. The van der Waals surface area contributed by atoms with Gasteiger partial charge in [-0.1, -0.05) is 119 Å². The maximum Gasteiger partial charge on any atom is 0.416 e. The van der Waals surface area contributed by atoms with Crippen molar-refractivity contribution in [3.05, 3.63) is 107 Å². The molecule has 0 bridgehead atoms. The molecular weight excluding hydrogens is 594 g/mol. The lowest BCUT2D eigenvalue weighted by molar-refractivity contribution is -0.143. The summed E-state index contributed by atoms with van der Waals surface area (Å²) >= 11 is 0. The van der Waals surface area contributed by atoms with Gasteiger partial charge in [0.2, 0.25) is 0 Å². The van der Waals surface area contributed by atoms with Crippen molar-refractivity contribution in [1.29, 1.82) is 0 Å².